The number of ether oxygens (including phenoxy) is 1. The minimum Gasteiger partial charge on any atom is -0.379 e. The number of nitrogens with zero attached hydrogens (tertiary/aromatic N) is 1. The minimum atomic E-state index is 0.198. The smallest absolute Gasteiger partial charge is 0.132 e. The van der Waals surface area contributed by atoms with Gasteiger partial charge < -0.3 is 4.74 Å². The van der Waals surface area contributed by atoms with Crippen molar-refractivity contribution in [1.82, 2.24) is 4.90 Å². The summed E-state index contributed by atoms with van der Waals surface area (Å²) >= 11 is 0. The second-order valence-electron chi connectivity index (χ2n) is 6.31. The van der Waals surface area contributed by atoms with E-state index in [9.17, 15) is 4.79 Å². The molecule has 21 heavy (non-hydrogen) atoms. The number of carbonyl (C=O) groups is 1. The summed E-state index contributed by atoms with van der Waals surface area (Å²) in [6.07, 6.45) is 1.67. The van der Waals surface area contributed by atoms with E-state index in [1.165, 1.54) is 5.56 Å². The molecule has 0 unspecified atom stereocenters. The Morgan fingerprint density at radius 2 is 2.05 bits per heavy atom. The highest BCUT2D eigenvalue weighted by atomic mass is 16.5. The van der Waals surface area contributed by atoms with Gasteiger partial charge in [-0.3, -0.25) is 9.69 Å². The van der Waals surface area contributed by atoms with Crippen molar-refractivity contribution in [2.75, 3.05) is 19.8 Å². The van der Waals surface area contributed by atoms with Gasteiger partial charge in [0, 0.05) is 25.0 Å². The molecular formula is C18H27NO2. The topological polar surface area (TPSA) is 29.5 Å². The summed E-state index contributed by atoms with van der Waals surface area (Å²) in [6, 6.07) is 11.7. The van der Waals surface area contributed by atoms with E-state index in [0.29, 0.717) is 31.0 Å². The van der Waals surface area contributed by atoms with Crippen LogP contribution in [-0.2, 0) is 9.53 Å². The Bertz CT molecular complexity index is 444. The second kappa shape index (κ2) is 7.71. The van der Waals surface area contributed by atoms with Gasteiger partial charge in [0.15, 0.2) is 0 Å². The van der Waals surface area contributed by atoms with Gasteiger partial charge in [0.2, 0.25) is 0 Å². The Hall–Kier alpha value is -1.19. The van der Waals surface area contributed by atoms with Crippen LogP contribution in [0.4, 0.5) is 0 Å². The molecule has 2 rings (SSSR count). The molecule has 1 aliphatic heterocycles. The number of likely N-dealkylation sites (tertiary alicyclic amines) is 1. The number of benzene rings is 1. The number of hydrogen-bond donors (Lipinski definition) is 0. The fraction of sp³-hybridized carbons (Fsp3) is 0.611. The largest absolute Gasteiger partial charge is 0.379 e. The van der Waals surface area contributed by atoms with Crippen molar-refractivity contribution >= 4 is 5.78 Å². The second-order valence-corrected chi connectivity index (χ2v) is 6.31. The van der Waals surface area contributed by atoms with Crippen LogP contribution in [0.2, 0.25) is 0 Å². The van der Waals surface area contributed by atoms with Gasteiger partial charge in [-0.1, -0.05) is 30.3 Å². The lowest BCUT2D eigenvalue weighted by atomic mass is 9.97. The molecule has 0 aromatic heterocycles. The zero-order valence-corrected chi connectivity index (χ0v) is 13.4. The summed E-state index contributed by atoms with van der Waals surface area (Å²) in [7, 11) is 0. The molecule has 3 heteroatoms. The van der Waals surface area contributed by atoms with Gasteiger partial charge >= 0.3 is 0 Å². The summed E-state index contributed by atoms with van der Waals surface area (Å²) in [5.74, 6) is 0.791. The molecular weight excluding hydrogens is 262 g/mol. The first kappa shape index (κ1) is 16.2. The van der Waals surface area contributed by atoms with Gasteiger partial charge in [0.25, 0.3) is 0 Å². The number of carbonyl (C=O) groups excluding carboxylic acids is 1. The molecule has 1 aromatic carbocycles. The van der Waals surface area contributed by atoms with Crippen molar-refractivity contribution in [3.63, 3.8) is 0 Å². The Balaban J connectivity index is 1.91. The van der Waals surface area contributed by atoms with Crippen LogP contribution in [-0.4, -0.2) is 42.5 Å². The molecule has 1 fully saturated rings. The van der Waals surface area contributed by atoms with Crippen LogP contribution in [0.15, 0.2) is 30.3 Å². The van der Waals surface area contributed by atoms with Crippen molar-refractivity contribution in [2.24, 2.45) is 0 Å². The van der Waals surface area contributed by atoms with E-state index in [0.717, 1.165) is 19.6 Å². The summed E-state index contributed by atoms with van der Waals surface area (Å²) in [5.41, 5.74) is 1.43. The van der Waals surface area contributed by atoms with Crippen LogP contribution in [0, 0.1) is 0 Å². The predicted molar refractivity (Wildman–Crippen MR) is 85.5 cm³/mol. The summed E-state index contributed by atoms with van der Waals surface area (Å²) < 4.78 is 5.73. The van der Waals surface area contributed by atoms with Crippen molar-refractivity contribution in [3.05, 3.63) is 35.9 Å². The SMILES string of the molecule is CC(=O)CCOC[C@@H]1C[C@@H](c2ccccc2)CN1C(C)C. The van der Waals surface area contributed by atoms with E-state index < -0.39 is 0 Å². The van der Waals surface area contributed by atoms with E-state index in [1.807, 2.05) is 0 Å². The Labute approximate surface area is 128 Å². The fourth-order valence-electron chi connectivity index (χ4n) is 3.14. The molecule has 1 aliphatic rings. The van der Waals surface area contributed by atoms with Gasteiger partial charge in [0.05, 0.1) is 13.2 Å². The van der Waals surface area contributed by atoms with Crippen LogP contribution < -0.4 is 0 Å². The van der Waals surface area contributed by atoms with Crippen LogP contribution >= 0.6 is 0 Å². The summed E-state index contributed by atoms with van der Waals surface area (Å²) in [5, 5.41) is 0. The van der Waals surface area contributed by atoms with Gasteiger partial charge in [-0.25, -0.2) is 0 Å². The number of hydrogen-bond acceptors (Lipinski definition) is 3. The Kier molecular flexibility index (Phi) is 5.95. The van der Waals surface area contributed by atoms with Crippen molar-refractivity contribution in [2.45, 2.75) is 51.6 Å². The summed E-state index contributed by atoms with van der Waals surface area (Å²) in [4.78, 5) is 13.5. The molecule has 1 saturated heterocycles. The minimum absolute atomic E-state index is 0.198. The van der Waals surface area contributed by atoms with Crippen LogP contribution in [0.1, 0.15) is 45.1 Å². The van der Waals surface area contributed by atoms with E-state index in [1.54, 1.807) is 6.92 Å². The molecule has 1 aromatic rings. The van der Waals surface area contributed by atoms with E-state index in [2.05, 4.69) is 49.1 Å². The maximum atomic E-state index is 11.0. The Morgan fingerprint density at radius 3 is 2.67 bits per heavy atom. The number of Topliss-reactive ketones (excluding diaryl/α,β-unsaturated/α-hetero) is 1. The average Bonchev–Trinajstić information content (AvgIpc) is 2.89. The molecule has 2 atom stereocenters. The molecule has 3 nitrogen and oxygen atoms in total. The van der Waals surface area contributed by atoms with Crippen molar-refractivity contribution in [3.8, 4) is 0 Å². The van der Waals surface area contributed by atoms with Gasteiger partial charge in [-0.2, -0.15) is 0 Å². The maximum Gasteiger partial charge on any atom is 0.132 e. The quantitative estimate of drug-likeness (QED) is 0.722. The molecule has 0 saturated carbocycles. The molecule has 0 bridgehead atoms. The molecule has 116 valence electrons. The zero-order valence-electron chi connectivity index (χ0n) is 13.4. The van der Waals surface area contributed by atoms with Crippen molar-refractivity contribution in [1.29, 1.82) is 0 Å². The van der Waals surface area contributed by atoms with Crippen LogP contribution in [0.3, 0.4) is 0 Å². The number of ketones is 1. The lowest BCUT2D eigenvalue weighted by Gasteiger charge is -2.28. The highest BCUT2D eigenvalue weighted by Crippen LogP contribution is 2.33. The highest BCUT2D eigenvalue weighted by molar-refractivity contribution is 5.75. The normalized spacial score (nSPS) is 22.9. The van der Waals surface area contributed by atoms with Gasteiger partial charge in [0.1, 0.15) is 5.78 Å². The van der Waals surface area contributed by atoms with Crippen LogP contribution in [0.5, 0.6) is 0 Å². The third-order valence-electron chi connectivity index (χ3n) is 4.30. The molecule has 0 radical (unpaired) electrons. The first-order valence-electron chi connectivity index (χ1n) is 7.95. The highest BCUT2D eigenvalue weighted by Gasteiger charge is 2.34. The van der Waals surface area contributed by atoms with E-state index in [4.69, 9.17) is 4.74 Å². The lowest BCUT2D eigenvalue weighted by Crippen LogP contribution is -2.38. The number of rotatable bonds is 7. The third-order valence-corrected chi connectivity index (χ3v) is 4.30. The lowest BCUT2D eigenvalue weighted by molar-refractivity contribution is -0.118. The molecule has 0 spiro atoms. The zero-order chi connectivity index (χ0) is 15.2. The average molecular weight is 289 g/mol. The third kappa shape index (κ3) is 4.65. The summed E-state index contributed by atoms with van der Waals surface area (Å²) in [6.45, 7) is 8.49. The standard InChI is InChI=1S/C18H27NO2/c1-14(2)19-12-17(16-7-5-4-6-8-16)11-18(19)13-21-10-9-15(3)20/h4-8,14,17-18H,9-13H2,1-3H3/t17-,18+/m1/s1. The monoisotopic (exact) mass is 289 g/mol. The predicted octanol–water partition coefficient (Wildman–Crippen LogP) is 3.25. The van der Waals surface area contributed by atoms with Gasteiger partial charge in [-0.05, 0) is 38.7 Å². The molecule has 0 N–H and O–H groups in total. The first-order chi connectivity index (χ1) is 10.1. The molecule has 0 amide bonds. The van der Waals surface area contributed by atoms with Gasteiger partial charge in [-0.15, -0.1) is 0 Å². The van der Waals surface area contributed by atoms with E-state index in [-0.39, 0.29) is 5.78 Å². The fourth-order valence-corrected chi connectivity index (χ4v) is 3.14. The molecule has 1 heterocycles. The molecule has 0 aliphatic carbocycles. The van der Waals surface area contributed by atoms with E-state index >= 15 is 0 Å². The van der Waals surface area contributed by atoms with Crippen molar-refractivity contribution < 1.29 is 9.53 Å². The first-order valence-corrected chi connectivity index (χ1v) is 7.95. The Morgan fingerprint density at radius 1 is 1.33 bits per heavy atom. The van der Waals surface area contributed by atoms with Crippen LogP contribution in [0.25, 0.3) is 0 Å². The maximum absolute atomic E-state index is 11.0.